The fourth-order valence-electron chi connectivity index (χ4n) is 1.28. The maximum atomic E-state index is 11.8. The number of benzene rings is 1. The SMILES string of the molecule is CCNCCS(=O)(=O)c1ccc([N+](=O)[O-])cc1. The normalized spacial score (nSPS) is 11.4. The van der Waals surface area contributed by atoms with Crippen molar-refractivity contribution in [1.29, 1.82) is 0 Å². The van der Waals surface area contributed by atoms with Gasteiger partial charge in [-0.3, -0.25) is 10.1 Å². The molecule has 17 heavy (non-hydrogen) atoms. The third-order valence-electron chi connectivity index (χ3n) is 2.20. The Morgan fingerprint density at radius 3 is 2.35 bits per heavy atom. The molecule has 6 nitrogen and oxygen atoms in total. The number of sulfone groups is 1. The number of rotatable bonds is 6. The molecule has 0 bridgehead atoms. The third kappa shape index (κ3) is 3.79. The first kappa shape index (κ1) is 13.6. The van der Waals surface area contributed by atoms with Crippen LogP contribution in [0.1, 0.15) is 6.92 Å². The van der Waals surface area contributed by atoms with Crippen LogP contribution in [0.25, 0.3) is 0 Å². The molecule has 0 unspecified atom stereocenters. The zero-order valence-electron chi connectivity index (χ0n) is 9.42. The highest BCUT2D eigenvalue weighted by molar-refractivity contribution is 7.91. The molecule has 0 aromatic heterocycles. The summed E-state index contributed by atoms with van der Waals surface area (Å²) < 4.78 is 23.6. The number of nitro groups is 1. The number of hydrogen-bond acceptors (Lipinski definition) is 5. The number of nitrogens with one attached hydrogen (secondary N) is 1. The van der Waals surface area contributed by atoms with E-state index in [1.165, 1.54) is 24.3 Å². The van der Waals surface area contributed by atoms with Gasteiger partial charge in [-0.2, -0.15) is 0 Å². The van der Waals surface area contributed by atoms with Gasteiger partial charge in [0.2, 0.25) is 0 Å². The summed E-state index contributed by atoms with van der Waals surface area (Å²) in [7, 11) is -3.36. The quantitative estimate of drug-likeness (QED) is 0.466. The zero-order chi connectivity index (χ0) is 12.9. The Kier molecular flexibility index (Phi) is 4.59. The Morgan fingerprint density at radius 2 is 1.88 bits per heavy atom. The molecular formula is C10H14N2O4S. The van der Waals surface area contributed by atoms with Crippen molar-refractivity contribution in [2.45, 2.75) is 11.8 Å². The lowest BCUT2D eigenvalue weighted by atomic mass is 10.3. The fourth-order valence-corrected chi connectivity index (χ4v) is 2.48. The van der Waals surface area contributed by atoms with E-state index in [9.17, 15) is 18.5 Å². The molecule has 7 heteroatoms. The van der Waals surface area contributed by atoms with Gasteiger partial charge in [0.15, 0.2) is 9.84 Å². The summed E-state index contributed by atoms with van der Waals surface area (Å²) in [5, 5.41) is 13.3. The standard InChI is InChI=1S/C10H14N2O4S/c1-2-11-7-8-17(15,16)10-5-3-9(4-6-10)12(13)14/h3-6,11H,2,7-8H2,1H3. The van der Waals surface area contributed by atoms with Gasteiger partial charge in [0, 0.05) is 18.7 Å². The second-order valence-electron chi connectivity index (χ2n) is 3.42. The summed E-state index contributed by atoms with van der Waals surface area (Å²) in [6.07, 6.45) is 0. The number of nitro benzene ring substituents is 1. The van der Waals surface area contributed by atoms with Crippen molar-refractivity contribution in [3.63, 3.8) is 0 Å². The topological polar surface area (TPSA) is 89.3 Å². The van der Waals surface area contributed by atoms with Crippen LogP contribution >= 0.6 is 0 Å². The minimum absolute atomic E-state index is 0.0152. The Balaban J connectivity index is 2.81. The van der Waals surface area contributed by atoms with Crippen LogP contribution in [0.3, 0.4) is 0 Å². The first-order valence-electron chi connectivity index (χ1n) is 5.15. The molecule has 0 aliphatic heterocycles. The van der Waals surface area contributed by atoms with Gasteiger partial charge >= 0.3 is 0 Å². The van der Waals surface area contributed by atoms with Crippen molar-refractivity contribution in [3.05, 3.63) is 34.4 Å². The molecule has 0 aliphatic carbocycles. The molecular weight excluding hydrogens is 244 g/mol. The van der Waals surface area contributed by atoms with Gasteiger partial charge in [0.1, 0.15) is 0 Å². The number of hydrogen-bond donors (Lipinski definition) is 1. The zero-order valence-corrected chi connectivity index (χ0v) is 10.2. The van der Waals surface area contributed by atoms with Crippen LogP contribution < -0.4 is 5.32 Å². The van der Waals surface area contributed by atoms with Crippen LogP contribution in [-0.4, -0.2) is 32.2 Å². The molecule has 1 aromatic rings. The highest BCUT2D eigenvalue weighted by Crippen LogP contribution is 2.16. The van der Waals surface area contributed by atoms with E-state index in [2.05, 4.69) is 5.32 Å². The molecule has 1 aromatic carbocycles. The minimum Gasteiger partial charge on any atom is -0.316 e. The van der Waals surface area contributed by atoms with Crippen LogP contribution in [0.15, 0.2) is 29.2 Å². The number of nitrogens with zero attached hydrogens (tertiary/aromatic N) is 1. The van der Waals surface area contributed by atoms with Crippen LogP contribution in [0.2, 0.25) is 0 Å². The van der Waals surface area contributed by atoms with E-state index in [1.807, 2.05) is 6.92 Å². The maximum absolute atomic E-state index is 11.8. The van der Waals surface area contributed by atoms with Gasteiger partial charge in [-0.25, -0.2) is 8.42 Å². The average molecular weight is 258 g/mol. The molecule has 1 rings (SSSR count). The number of non-ortho nitro benzene ring substituents is 1. The Hall–Kier alpha value is -1.47. The van der Waals surface area contributed by atoms with E-state index in [-0.39, 0.29) is 16.3 Å². The monoisotopic (exact) mass is 258 g/mol. The Morgan fingerprint density at radius 1 is 1.29 bits per heavy atom. The first-order valence-corrected chi connectivity index (χ1v) is 6.80. The van der Waals surface area contributed by atoms with E-state index in [0.29, 0.717) is 13.1 Å². The van der Waals surface area contributed by atoms with Crippen LogP contribution in [0.4, 0.5) is 5.69 Å². The van der Waals surface area contributed by atoms with Gasteiger partial charge in [0.25, 0.3) is 5.69 Å². The summed E-state index contributed by atoms with van der Waals surface area (Å²) in [5.74, 6) is -0.0152. The van der Waals surface area contributed by atoms with Gasteiger partial charge in [0.05, 0.1) is 15.6 Å². The van der Waals surface area contributed by atoms with E-state index < -0.39 is 14.8 Å². The maximum Gasteiger partial charge on any atom is 0.269 e. The molecule has 0 aliphatic rings. The highest BCUT2D eigenvalue weighted by Gasteiger charge is 2.15. The first-order chi connectivity index (χ1) is 7.97. The predicted octanol–water partition coefficient (Wildman–Crippen LogP) is 0.978. The molecule has 0 atom stereocenters. The molecule has 0 saturated carbocycles. The molecule has 0 spiro atoms. The lowest BCUT2D eigenvalue weighted by molar-refractivity contribution is -0.384. The molecule has 0 saturated heterocycles. The second kappa shape index (κ2) is 5.74. The van der Waals surface area contributed by atoms with Gasteiger partial charge in [-0.1, -0.05) is 6.92 Å². The smallest absolute Gasteiger partial charge is 0.269 e. The third-order valence-corrected chi connectivity index (χ3v) is 3.94. The van der Waals surface area contributed by atoms with Crippen molar-refractivity contribution in [2.75, 3.05) is 18.8 Å². The summed E-state index contributed by atoms with van der Waals surface area (Å²) in [4.78, 5) is 9.97. The van der Waals surface area contributed by atoms with Gasteiger partial charge < -0.3 is 5.32 Å². The summed E-state index contributed by atoms with van der Waals surface area (Å²) in [6.45, 7) is 2.96. The summed E-state index contributed by atoms with van der Waals surface area (Å²) in [6, 6.07) is 4.92. The van der Waals surface area contributed by atoms with Crippen LogP contribution in [-0.2, 0) is 9.84 Å². The molecule has 0 radical (unpaired) electrons. The Labute approximate surface area is 99.7 Å². The van der Waals surface area contributed by atoms with E-state index in [0.717, 1.165) is 0 Å². The lowest BCUT2D eigenvalue weighted by Gasteiger charge is -2.04. The fraction of sp³-hybridized carbons (Fsp3) is 0.400. The van der Waals surface area contributed by atoms with E-state index in [4.69, 9.17) is 0 Å². The molecule has 0 amide bonds. The van der Waals surface area contributed by atoms with Crippen molar-refractivity contribution in [3.8, 4) is 0 Å². The lowest BCUT2D eigenvalue weighted by Crippen LogP contribution is -2.22. The minimum atomic E-state index is -3.36. The largest absolute Gasteiger partial charge is 0.316 e. The molecule has 94 valence electrons. The van der Waals surface area contributed by atoms with Crippen molar-refractivity contribution < 1.29 is 13.3 Å². The van der Waals surface area contributed by atoms with Crippen molar-refractivity contribution >= 4 is 15.5 Å². The molecule has 0 fully saturated rings. The van der Waals surface area contributed by atoms with Crippen molar-refractivity contribution in [2.24, 2.45) is 0 Å². The predicted molar refractivity (Wildman–Crippen MR) is 63.7 cm³/mol. The second-order valence-corrected chi connectivity index (χ2v) is 5.53. The highest BCUT2D eigenvalue weighted by atomic mass is 32.2. The van der Waals surface area contributed by atoms with Crippen molar-refractivity contribution in [1.82, 2.24) is 5.32 Å². The van der Waals surface area contributed by atoms with E-state index in [1.54, 1.807) is 0 Å². The van der Waals surface area contributed by atoms with Gasteiger partial charge in [-0.05, 0) is 18.7 Å². The average Bonchev–Trinajstić information content (AvgIpc) is 2.29. The van der Waals surface area contributed by atoms with Crippen LogP contribution in [0.5, 0.6) is 0 Å². The van der Waals surface area contributed by atoms with E-state index >= 15 is 0 Å². The van der Waals surface area contributed by atoms with Crippen LogP contribution in [0, 0.1) is 10.1 Å². The van der Waals surface area contributed by atoms with Gasteiger partial charge in [-0.15, -0.1) is 0 Å². The summed E-state index contributed by atoms with van der Waals surface area (Å²) >= 11 is 0. The molecule has 1 N–H and O–H groups in total. The Bertz CT molecular complexity index is 482. The molecule has 0 heterocycles. The summed E-state index contributed by atoms with van der Waals surface area (Å²) in [5.41, 5.74) is -0.115.